The molecule has 2 aromatic carbocycles. The van der Waals surface area contributed by atoms with Gasteiger partial charge in [0.15, 0.2) is 18.1 Å². The average molecular weight is 487 g/mol. The molecule has 5 rings (SSSR count). The summed E-state index contributed by atoms with van der Waals surface area (Å²) in [5, 5.41) is 14.1. The van der Waals surface area contributed by atoms with Crippen LogP contribution in [0.3, 0.4) is 0 Å². The van der Waals surface area contributed by atoms with Crippen molar-refractivity contribution in [1.82, 2.24) is 28.9 Å². The number of carbonyl (C=O) groups excluding carboxylic acids is 1. The Bertz CT molecular complexity index is 1750. The second-order valence-corrected chi connectivity index (χ2v) is 8.84. The molecule has 0 aliphatic carbocycles. The average Bonchev–Trinajstić information content (AvgIpc) is 3.31. The van der Waals surface area contributed by atoms with Crippen LogP contribution in [0.5, 0.6) is 0 Å². The first-order valence-corrected chi connectivity index (χ1v) is 11.9. The molecule has 0 saturated heterocycles. The summed E-state index contributed by atoms with van der Waals surface area (Å²) in [7, 11) is 1.63. The highest BCUT2D eigenvalue weighted by atomic mass is 16.5. The summed E-state index contributed by atoms with van der Waals surface area (Å²) in [5.41, 5.74) is 1.24. The lowest BCUT2D eigenvalue weighted by molar-refractivity contribution is 0.0454. The molecule has 0 N–H and O–H groups in total. The molecule has 0 bridgehead atoms. The normalized spacial score (nSPS) is 11.5. The van der Waals surface area contributed by atoms with Gasteiger partial charge in [0, 0.05) is 19.0 Å². The van der Waals surface area contributed by atoms with E-state index in [1.54, 1.807) is 35.7 Å². The van der Waals surface area contributed by atoms with Gasteiger partial charge in [0.25, 0.3) is 11.1 Å². The van der Waals surface area contributed by atoms with Crippen molar-refractivity contribution in [3.8, 4) is 0 Å². The van der Waals surface area contributed by atoms with Gasteiger partial charge < -0.3 is 4.74 Å². The highest BCUT2D eigenvalue weighted by molar-refractivity contribution is 6.02. The van der Waals surface area contributed by atoms with Crippen LogP contribution in [0.2, 0.25) is 0 Å². The van der Waals surface area contributed by atoms with Crippen LogP contribution in [0.15, 0.2) is 52.1 Å². The minimum absolute atomic E-state index is 0.0726. The Morgan fingerprint density at radius 2 is 1.75 bits per heavy atom. The highest BCUT2D eigenvalue weighted by Gasteiger charge is 2.20. The second kappa shape index (κ2) is 9.37. The third-order valence-electron chi connectivity index (χ3n) is 6.31. The Hall–Kier alpha value is -4.34. The molecule has 0 fully saturated rings. The maximum atomic E-state index is 13.2. The number of esters is 1. The number of rotatable bonds is 7. The number of fused-ring (bicyclic) bond motifs is 4. The third-order valence-corrected chi connectivity index (χ3v) is 6.31. The summed E-state index contributed by atoms with van der Waals surface area (Å²) in [5.74, 6) is 0.0380. The van der Waals surface area contributed by atoms with Gasteiger partial charge in [-0.2, -0.15) is 5.10 Å². The van der Waals surface area contributed by atoms with E-state index in [4.69, 9.17) is 4.74 Å². The Labute approximate surface area is 205 Å². The molecule has 0 unspecified atom stereocenters. The number of aryl methyl sites for hydroxylation is 3. The van der Waals surface area contributed by atoms with Crippen LogP contribution in [-0.2, 0) is 24.9 Å². The van der Waals surface area contributed by atoms with E-state index in [0.29, 0.717) is 39.8 Å². The SMILES string of the molecule is CCCCCn1nc(C(=O)OCc2nnc3n(C)c(=O)c4cc(C)ccc4n23)c2ccccc2c1=O. The first kappa shape index (κ1) is 23.4. The largest absolute Gasteiger partial charge is 0.453 e. The van der Waals surface area contributed by atoms with Gasteiger partial charge in [0.1, 0.15) is 0 Å². The lowest BCUT2D eigenvalue weighted by Crippen LogP contribution is -2.26. The van der Waals surface area contributed by atoms with Gasteiger partial charge in [-0.1, -0.05) is 49.6 Å². The number of ether oxygens (including phenoxy) is 1. The molecule has 0 aliphatic heterocycles. The van der Waals surface area contributed by atoms with E-state index in [-0.39, 0.29) is 23.4 Å². The van der Waals surface area contributed by atoms with Crippen LogP contribution in [0.4, 0.5) is 0 Å². The van der Waals surface area contributed by atoms with Crippen molar-refractivity contribution in [3.05, 3.63) is 80.3 Å². The van der Waals surface area contributed by atoms with Crippen LogP contribution in [0, 0.1) is 6.92 Å². The lowest BCUT2D eigenvalue weighted by atomic mass is 10.1. The summed E-state index contributed by atoms with van der Waals surface area (Å²) in [6, 6.07) is 12.4. The Kier molecular flexibility index (Phi) is 6.09. The summed E-state index contributed by atoms with van der Waals surface area (Å²) < 4.78 is 10.1. The van der Waals surface area contributed by atoms with Crippen LogP contribution in [-0.4, -0.2) is 34.9 Å². The molecule has 0 atom stereocenters. The van der Waals surface area contributed by atoms with E-state index >= 15 is 0 Å². The van der Waals surface area contributed by atoms with Crippen molar-refractivity contribution in [2.24, 2.45) is 7.05 Å². The topological polar surface area (TPSA) is 113 Å². The minimum atomic E-state index is -0.669. The quantitative estimate of drug-likeness (QED) is 0.256. The fourth-order valence-corrected chi connectivity index (χ4v) is 4.40. The van der Waals surface area contributed by atoms with Crippen LogP contribution in [0.1, 0.15) is 48.1 Å². The number of unbranched alkanes of at least 4 members (excludes halogenated alkanes) is 2. The van der Waals surface area contributed by atoms with Crippen LogP contribution >= 0.6 is 0 Å². The number of carbonyl (C=O) groups is 1. The zero-order chi connectivity index (χ0) is 25.4. The highest BCUT2D eigenvalue weighted by Crippen LogP contribution is 2.18. The molecule has 0 aliphatic rings. The van der Waals surface area contributed by atoms with E-state index in [1.165, 1.54) is 9.25 Å². The van der Waals surface area contributed by atoms with Gasteiger partial charge in [-0.25, -0.2) is 9.48 Å². The van der Waals surface area contributed by atoms with Crippen molar-refractivity contribution < 1.29 is 9.53 Å². The Balaban J connectivity index is 1.52. The molecule has 0 radical (unpaired) electrons. The van der Waals surface area contributed by atoms with E-state index in [1.807, 2.05) is 25.1 Å². The first-order valence-electron chi connectivity index (χ1n) is 11.9. The molecule has 0 spiro atoms. The molecular weight excluding hydrogens is 460 g/mol. The van der Waals surface area contributed by atoms with Gasteiger partial charge in [0.05, 0.1) is 16.3 Å². The van der Waals surface area contributed by atoms with Crippen LogP contribution in [0.25, 0.3) is 27.5 Å². The summed E-state index contributed by atoms with van der Waals surface area (Å²) >= 11 is 0. The van der Waals surface area contributed by atoms with E-state index < -0.39 is 5.97 Å². The fraction of sp³-hybridized carbons (Fsp3) is 0.308. The van der Waals surface area contributed by atoms with Gasteiger partial charge in [-0.3, -0.25) is 18.6 Å². The molecule has 10 heteroatoms. The minimum Gasteiger partial charge on any atom is -0.453 e. The van der Waals surface area contributed by atoms with E-state index in [9.17, 15) is 14.4 Å². The Morgan fingerprint density at radius 1 is 0.972 bits per heavy atom. The number of nitrogens with zero attached hydrogens (tertiary/aromatic N) is 6. The number of hydrogen-bond acceptors (Lipinski definition) is 7. The first-order chi connectivity index (χ1) is 17.4. The van der Waals surface area contributed by atoms with Crippen molar-refractivity contribution in [2.45, 2.75) is 46.3 Å². The maximum Gasteiger partial charge on any atom is 0.359 e. The lowest BCUT2D eigenvalue weighted by Gasteiger charge is -2.11. The predicted molar refractivity (Wildman–Crippen MR) is 135 cm³/mol. The molecule has 5 aromatic rings. The molecule has 36 heavy (non-hydrogen) atoms. The third kappa shape index (κ3) is 3.94. The van der Waals surface area contributed by atoms with E-state index in [2.05, 4.69) is 22.2 Å². The van der Waals surface area contributed by atoms with Crippen LogP contribution < -0.4 is 11.1 Å². The zero-order valence-electron chi connectivity index (χ0n) is 20.4. The van der Waals surface area contributed by atoms with Crippen molar-refractivity contribution in [1.29, 1.82) is 0 Å². The summed E-state index contributed by atoms with van der Waals surface area (Å²) in [6.07, 6.45) is 2.74. The maximum absolute atomic E-state index is 13.2. The van der Waals surface area contributed by atoms with Crippen molar-refractivity contribution in [2.75, 3.05) is 0 Å². The van der Waals surface area contributed by atoms with Gasteiger partial charge in [-0.15, -0.1) is 10.2 Å². The number of benzene rings is 2. The van der Waals surface area contributed by atoms with Gasteiger partial charge >= 0.3 is 5.97 Å². The molecule has 184 valence electrons. The standard InChI is InChI=1S/C26H26N6O4/c1-4-5-8-13-31-24(34)18-10-7-6-9-17(18)22(29-31)25(35)36-15-21-27-28-26-30(3)23(33)19-14-16(2)11-12-20(19)32(21)26/h6-7,9-12,14H,4-5,8,13,15H2,1-3H3. The predicted octanol–water partition coefficient (Wildman–Crippen LogP) is 3.15. The zero-order valence-corrected chi connectivity index (χ0v) is 20.4. The summed E-state index contributed by atoms with van der Waals surface area (Å²) in [4.78, 5) is 38.9. The molecule has 0 saturated carbocycles. The fourth-order valence-electron chi connectivity index (χ4n) is 4.40. The Morgan fingerprint density at radius 3 is 2.53 bits per heavy atom. The van der Waals surface area contributed by atoms with Gasteiger partial charge in [-0.05, 0) is 31.5 Å². The monoisotopic (exact) mass is 486 g/mol. The van der Waals surface area contributed by atoms with E-state index in [0.717, 1.165) is 24.8 Å². The number of aromatic nitrogens is 6. The molecule has 3 heterocycles. The van der Waals surface area contributed by atoms with Crippen molar-refractivity contribution in [3.63, 3.8) is 0 Å². The molecule has 3 aromatic heterocycles. The molecular formula is C26H26N6O4. The van der Waals surface area contributed by atoms with Crippen molar-refractivity contribution >= 4 is 33.4 Å². The summed E-state index contributed by atoms with van der Waals surface area (Å²) in [6.45, 7) is 4.23. The molecule has 10 nitrogen and oxygen atoms in total. The molecule has 0 amide bonds. The smallest absolute Gasteiger partial charge is 0.359 e. The van der Waals surface area contributed by atoms with Gasteiger partial charge in [0.2, 0.25) is 5.78 Å². The second-order valence-electron chi connectivity index (χ2n) is 8.84. The number of hydrogen-bond donors (Lipinski definition) is 0.